The Morgan fingerprint density at radius 3 is 2.44 bits per heavy atom. The maximum atomic E-state index is 12.8. The number of anilines is 2. The Kier molecular flexibility index (Phi) is 7.70. The molecule has 0 unspecified atom stereocenters. The van der Waals surface area contributed by atoms with Crippen molar-refractivity contribution < 1.29 is 14.7 Å². The molecule has 182 valence electrons. The van der Waals surface area contributed by atoms with E-state index in [0.29, 0.717) is 28.5 Å². The summed E-state index contributed by atoms with van der Waals surface area (Å²) in [4.78, 5) is 47.7. The molecule has 10 heteroatoms. The predicted molar refractivity (Wildman–Crippen MR) is 132 cm³/mol. The van der Waals surface area contributed by atoms with Gasteiger partial charge in [0.1, 0.15) is 5.52 Å². The zero-order chi connectivity index (χ0) is 24.9. The molecule has 10 nitrogen and oxygen atoms in total. The van der Waals surface area contributed by atoms with Gasteiger partial charge in [-0.1, -0.05) is 37.6 Å². The summed E-state index contributed by atoms with van der Waals surface area (Å²) in [5, 5.41) is 15.3. The normalized spacial score (nSPS) is 11.5. The van der Waals surface area contributed by atoms with Gasteiger partial charge in [0.05, 0.1) is 13.0 Å². The average Bonchev–Trinajstić information content (AvgIpc) is 3.07. The Labute approximate surface area is 197 Å². The van der Waals surface area contributed by atoms with E-state index in [2.05, 4.69) is 32.5 Å². The average molecular weight is 469 g/mol. The summed E-state index contributed by atoms with van der Waals surface area (Å²) >= 11 is 0. The Balaban J connectivity index is 1.92. The van der Waals surface area contributed by atoms with Gasteiger partial charge in [0.25, 0.3) is 0 Å². The van der Waals surface area contributed by atoms with E-state index in [1.807, 2.05) is 20.8 Å². The van der Waals surface area contributed by atoms with Gasteiger partial charge in [0.15, 0.2) is 17.2 Å². The number of ketones is 1. The second-order valence-corrected chi connectivity index (χ2v) is 9.28. The molecular formula is C24H32N6O4. The Bertz CT molecular complexity index is 1220. The number of aromatic nitrogens is 4. The number of fused-ring (bicyclic) bond motifs is 1. The van der Waals surface area contributed by atoms with Gasteiger partial charge >= 0.3 is 11.7 Å². The molecule has 3 rings (SSSR count). The molecule has 0 bridgehead atoms. The number of aromatic amines is 1. The number of H-pyrrole nitrogens is 1. The van der Waals surface area contributed by atoms with E-state index in [9.17, 15) is 14.4 Å². The van der Waals surface area contributed by atoms with Crippen LogP contribution < -0.4 is 16.3 Å². The number of aliphatic carboxylic acids is 1. The second kappa shape index (κ2) is 10.5. The lowest BCUT2D eigenvalue weighted by Crippen LogP contribution is -2.27. The number of carbonyl (C=O) groups excluding carboxylic acids is 1. The number of benzene rings is 1. The summed E-state index contributed by atoms with van der Waals surface area (Å²) in [5.74, 6) is -0.243. The highest BCUT2D eigenvalue weighted by Gasteiger charge is 2.19. The molecule has 0 amide bonds. The number of carbonyl (C=O) groups is 2. The number of Topliss-reactive ketones (excluding diaryl/α,β-unsaturated/α-hetero) is 1. The molecular weight excluding hydrogens is 436 g/mol. The molecule has 0 aliphatic rings. The van der Waals surface area contributed by atoms with Gasteiger partial charge < -0.3 is 20.7 Å². The third-order valence-electron chi connectivity index (χ3n) is 5.11. The van der Waals surface area contributed by atoms with Gasteiger partial charge in [-0.15, -0.1) is 0 Å². The lowest BCUT2D eigenvalue weighted by atomic mass is 10.0. The van der Waals surface area contributed by atoms with Crippen molar-refractivity contribution in [1.29, 1.82) is 0 Å². The van der Waals surface area contributed by atoms with Crippen LogP contribution in [-0.2, 0) is 11.3 Å². The molecule has 34 heavy (non-hydrogen) atoms. The monoisotopic (exact) mass is 468 g/mol. The predicted octanol–water partition coefficient (Wildman–Crippen LogP) is 3.64. The van der Waals surface area contributed by atoms with E-state index in [-0.39, 0.29) is 36.4 Å². The highest BCUT2D eigenvalue weighted by atomic mass is 16.4. The van der Waals surface area contributed by atoms with E-state index in [1.54, 1.807) is 24.3 Å². The topological polar surface area (TPSA) is 142 Å². The summed E-state index contributed by atoms with van der Waals surface area (Å²) in [7, 11) is 0. The highest BCUT2D eigenvalue weighted by molar-refractivity contribution is 5.97. The Hall–Kier alpha value is -3.69. The van der Waals surface area contributed by atoms with Crippen LogP contribution in [-0.4, -0.2) is 48.5 Å². The van der Waals surface area contributed by atoms with Crippen LogP contribution in [0.2, 0.25) is 0 Å². The molecule has 0 saturated heterocycles. The molecule has 2 aromatic heterocycles. The van der Waals surface area contributed by atoms with Gasteiger partial charge in [-0.3, -0.25) is 14.2 Å². The van der Waals surface area contributed by atoms with E-state index in [4.69, 9.17) is 5.11 Å². The van der Waals surface area contributed by atoms with Gasteiger partial charge in [0, 0.05) is 24.1 Å². The van der Waals surface area contributed by atoms with Crippen LogP contribution >= 0.6 is 0 Å². The quantitative estimate of drug-likeness (QED) is 0.247. The Morgan fingerprint density at radius 2 is 1.82 bits per heavy atom. The van der Waals surface area contributed by atoms with Crippen molar-refractivity contribution >= 4 is 34.7 Å². The largest absolute Gasteiger partial charge is 0.481 e. The third kappa shape index (κ3) is 6.43. The van der Waals surface area contributed by atoms with Crippen molar-refractivity contribution in [2.24, 2.45) is 0 Å². The second-order valence-electron chi connectivity index (χ2n) is 9.28. The summed E-state index contributed by atoms with van der Waals surface area (Å²) in [6, 6.07) is 6.82. The molecule has 0 radical (unpaired) electrons. The lowest BCUT2D eigenvalue weighted by molar-refractivity contribution is -0.136. The minimum absolute atomic E-state index is 0.0507. The van der Waals surface area contributed by atoms with Crippen molar-refractivity contribution in [2.45, 2.75) is 65.5 Å². The summed E-state index contributed by atoms with van der Waals surface area (Å²) in [6.45, 7) is 9.12. The first-order chi connectivity index (χ1) is 16.1. The molecule has 0 spiro atoms. The summed E-state index contributed by atoms with van der Waals surface area (Å²) in [5.41, 5.74) is 1.67. The van der Waals surface area contributed by atoms with Crippen LogP contribution in [0.3, 0.4) is 0 Å². The van der Waals surface area contributed by atoms with Crippen LogP contribution in [0.5, 0.6) is 0 Å². The van der Waals surface area contributed by atoms with E-state index in [0.717, 1.165) is 24.9 Å². The van der Waals surface area contributed by atoms with Gasteiger partial charge in [-0.2, -0.15) is 9.97 Å². The van der Waals surface area contributed by atoms with E-state index >= 15 is 0 Å². The minimum atomic E-state index is -1.01. The van der Waals surface area contributed by atoms with Crippen molar-refractivity contribution in [3.8, 4) is 0 Å². The van der Waals surface area contributed by atoms with Gasteiger partial charge in [-0.25, -0.2) is 4.79 Å². The standard InChI is InChI=1S/C24H32N6O4/c1-5-6-13-25-22-27-20(29-24(2,3)4)19-21(28-22)30(23(34)26-19)14-15-7-9-16(10-8-15)17(31)11-12-18(32)33/h7-10H,5-6,11-14H2,1-4H3,(H,26,34)(H,32,33)(H2,25,27,28,29). The number of carboxylic acids is 1. The maximum Gasteiger partial charge on any atom is 0.328 e. The molecule has 2 heterocycles. The van der Waals surface area contributed by atoms with Crippen LogP contribution in [0.25, 0.3) is 11.2 Å². The molecule has 3 aromatic rings. The summed E-state index contributed by atoms with van der Waals surface area (Å²) < 4.78 is 1.54. The zero-order valence-electron chi connectivity index (χ0n) is 20.1. The molecule has 0 aliphatic heterocycles. The molecule has 0 atom stereocenters. The smallest absolute Gasteiger partial charge is 0.328 e. The van der Waals surface area contributed by atoms with Crippen LogP contribution in [0.1, 0.15) is 69.3 Å². The fourth-order valence-corrected chi connectivity index (χ4v) is 3.42. The first-order valence-corrected chi connectivity index (χ1v) is 11.4. The maximum absolute atomic E-state index is 12.8. The number of nitrogens with zero attached hydrogens (tertiary/aromatic N) is 3. The Morgan fingerprint density at radius 1 is 1.12 bits per heavy atom. The van der Waals surface area contributed by atoms with E-state index < -0.39 is 5.97 Å². The van der Waals surface area contributed by atoms with Crippen LogP contribution in [0, 0.1) is 0 Å². The number of imidazole rings is 1. The zero-order valence-corrected chi connectivity index (χ0v) is 20.1. The molecule has 0 saturated carbocycles. The third-order valence-corrected chi connectivity index (χ3v) is 5.11. The first kappa shape index (κ1) is 24.9. The number of rotatable bonds is 11. The number of nitrogens with one attached hydrogen (secondary N) is 3. The summed E-state index contributed by atoms with van der Waals surface area (Å²) in [6.07, 6.45) is 1.75. The number of unbranched alkanes of at least 4 members (excludes halogenated alkanes) is 1. The number of carboxylic acid groups (broad SMARTS) is 1. The number of hydrogen-bond acceptors (Lipinski definition) is 7. The lowest BCUT2D eigenvalue weighted by Gasteiger charge is -2.22. The number of hydrogen-bond donors (Lipinski definition) is 4. The van der Waals surface area contributed by atoms with Crippen molar-refractivity contribution in [3.63, 3.8) is 0 Å². The highest BCUT2D eigenvalue weighted by Crippen LogP contribution is 2.23. The van der Waals surface area contributed by atoms with Crippen molar-refractivity contribution in [3.05, 3.63) is 45.9 Å². The molecule has 0 aliphatic carbocycles. The fraction of sp³-hybridized carbons (Fsp3) is 0.458. The van der Waals surface area contributed by atoms with Crippen LogP contribution in [0.15, 0.2) is 29.1 Å². The molecule has 4 N–H and O–H groups in total. The fourth-order valence-electron chi connectivity index (χ4n) is 3.42. The minimum Gasteiger partial charge on any atom is -0.481 e. The SMILES string of the molecule is CCCCNc1nc(NC(C)(C)C)c2[nH]c(=O)n(Cc3ccc(C(=O)CCC(=O)O)cc3)c2n1. The van der Waals surface area contributed by atoms with Gasteiger partial charge in [0.2, 0.25) is 5.95 Å². The van der Waals surface area contributed by atoms with Gasteiger partial charge in [-0.05, 0) is 32.8 Å². The first-order valence-electron chi connectivity index (χ1n) is 11.4. The molecule has 1 aromatic carbocycles. The van der Waals surface area contributed by atoms with Crippen molar-refractivity contribution in [1.82, 2.24) is 19.5 Å². The molecule has 0 fully saturated rings. The van der Waals surface area contributed by atoms with Crippen LogP contribution in [0.4, 0.5) is 11.8 Å². The van der Waals surface area contributed by atoms with Crippen molar-refractivity contribution in [2.75, 3.05) is 17.2 Å². The van der Waals surface area contributed by atoms with E-state index in [1.165, 1.54) is 4.57 Å².